The van der Waals surface area contributed by atoms with Crippen LogP contribution in [0.2, 0.25) is 0 Å². The maximum absolute atomic E-state index is 12.1. The summed E-state index contributed by atoms with van der Waals surface area (Å²) in [6, 6.07) is 15.6. The number of nitrogens with zero attached hydrogens (tertiary/aromatic N) is 2. The summed E-state index contributed by atoms with van der Waals surface area (Å²) in [5.74, 6) is 0. The molecule has 0 spiro atoms. The normalized spacial score (nSPS) is 11.0. The molecule has 3 aromatic rings. The molecule has 2 heterocycles. The third kappa shape index (κ3) is 3.48. The third-order valence-electron chi connectivity index (χ3n) is 4.06. The van der Waals surface area contributed by atoms with Crippen LogP contribution in [-0.4, -0.2) is 16.1 Å². The van der Waals surface area contributed by atoms with Gasteiger partial charge < -0.3 is 9.88 Å². The van der Waals surface area contributed by atoms with E-state index in [2.05, 4.69) is 16.4 Å². The van der Waals surface area contributed by atoms with Crippen molar-refractivity contribution in [3.63, 3.8) is 0 Å². The summed E-state index contributed by atoms with van der Waals surface area (Å²) < 4.78 is 1.82. The fourth-order valence-electron chi connectivity index (χ4n) is 2.79. The molecule has 0 bridgehead atoms. The Bertz CT molecular complexity index is 883. The summed E-state index contributed by atoms with van der Waals surface area (Å²) in [4.78, 5) is 16.6. The third-order valence-corrected chi connectivity index (χ3v) is 4.06. The highest BCUT2D eigenvalue weighted by atomic mass is 16.1. The lowest BCUT2D eigenvalue weighted by Crippen LogP contribution is -2.26. The van der Waals surface area contributed by atoms with Crippen molar-refractivity contribution in [1.82, 2.24) is 14.9 Å². The van der Waals surface area contributed by atoms with Crippen LogP contribution in [0.1, 0.15) is 17.0 Å². The van der Waals surface area contributed by atoms with Crippen molar-refractivity contribution in [3.05, 3.63) is 75.8 Å². The number of benzene rings is 1. The number of hydrogen-bond acceptors (Lipinski definition) is 3. The molecule has 23 heavy (non-hydrogen) atoms. The molecule has 0 radical (unpaired) electrons. The van der Waals surface area contributed by atoms with Crippen molar-refractivity contribution in [1.29, 1.82) is 0 Å². The Kier molecular flexibility index (Phi) is 4.53. The Morgan fingerprint density at radius 3 is 2.70 bits per heavy atom. The molecule has 0 saturated heterocycles. The summed E-state index contributed by atoms with van der Waals surface area (Å²) in [6.07, 6.45) is 0. The molecule has 118 valence electrons. The Labute approximate surface area is 135 Å². The average molecular weight is 307 g/mol. The zero-order chi connectivity index (χ0) is 16.2. The van der Waals surface area contributed by atoms with Gasteiger partial charge in [0.05, 0.1) is 5.52 Å². The average Bonchev–Trinajstić information content (AvgIpc) is 2.55. The van der Waals surface area contributed by atoms with Crippen LogP contribution in [0.3, 0.4) is 0 Å². The lowest BCUT2D eigenvalue weighted by Gasteiger charge is -2.11. The number of aryl methyl sites for hydroxylation is 2. The molecule has 0 saturated carbocycles. The van der Waals surface area contributed by atoms with Gasteiger partial charge in [-0.3, -0.25) is 9.78 Å². The van der Waals surface area contributed by atoms with Crippen LogP contribution in [0, 0.1) is 13.8 Å². The minimum atomic E-state index is 0.0404. The molecule has 1 aromatic carbocycles. The Morgan fingerprint density at radius 2 is 1.87 bits per heavy atom. The van der Waals surface area contributed by atoms with Crippen LogP contribution in [0.5, 0.6) is 0 Å². The second-order valence-corrected chi connectivity index (χ2v) is 5.76. The fraction of sp³-hybridized carbons (Fsp3) is 0.263. The number of hydrogen-bond donors (Lipinski definition) is 1. The highest BCUT2D eigenvalue weighted by molar-refractivity contribution is 5.78. The van der Waals surface area contributed by atoms with E-state index in [1.807, 2.05) is 54.8 Å². The fourth-order valence-corrected chi connectivity index (χ4v) is 2.79. The first-order chi connectivity index (χ1) is 11.1. The predicted octanol–water partition coefficient (Wildman–Crippen LogP) is 2.80. The van der Waals surface area contributed by atoms with Gasteiger partial charge in [-0.15, -0.1) is 0 Å². The lowest BCUT2D eigenvalue weighted by atomic mass is 10.2. The molecule has 0 aliphatic carbocycles. The second-order valence-electron chi connectivity index (χ2n) is 5.76. The van der Waals surface area contributed by atoms with Gasteiger partial charge in [0.1, 0.15) is 0 Å². The van der Waals surface area contributed by atoms with E-state index in [-0.39, 0.29) is 5.56 Å². The van der Waals surface area contributed by atoms with E-state index in [9.17, 15) is 4.79 Å². The molecule has 4 nitrogen and oxygen atoms in total. The van der Waals surface area contributed by atoms with Gasteiger partial charge in [0.2, 0.25) is 0 Å². The topological polar surface area (TPSA) is 46.9 Å². The minimum Gasteiger partial charge on any atom is -0.311 e. The molecule has 0 aliphatic rings. The van der Waals surface area contributed by atoms with Gasteiger partial charge in [-0.2, -0.15) is 0 Å². The van der Waals surface area contributed by atoms with Gasteiger partial charge in [0.25, 0.3) is 5.56 Å². The highest BCUT2D eigenvalue weighted by Gasteiger charge is 2.03. The maximum atomic E-state index is 12.1. The highest BCUT2D eigenvalue weighted by Crippen LogP contribution is 2.10. The van der Waals surface area contributed by atoms with Gasteiger partial charge in [-0.25, -0.2) is 0 Å². The zero-order valence-corrected chi connectivity index (χ0v) is 13.5. The molecule has 0 unspecified atom stereocenters. The van der Waals surface area contributed by atoms with Crippen LogP contribution < -0.4 is 10.9 Å². The predicted molar refractivity (Wildman–Crippen MR) is 93.6 cm³/mol. The van der Waals surface area contributed by atoms with E-state index in [1.165, 1.54) is 5.56 Å². The van der Waals surface area contributed by atoms with Crippen molar-refractivity contribution in [2.24, 2.45) is 0 Å². The lowest BCUT2D eigenvalue weighted by molar-refractivity contribution is 0.596. The van der Waals surface area contributed by atoms with Crippen molar-refractivity contribution in [2.45, 2.75) is 26.9 Å². The van der Waals surface area contributed by atoms with Gasteiger partial charge in [0, 0.05) is 37.1 Å². The summed E-state index contributed by atoms with van der Waals surface area (Å²) >= 11 is 0. The number of aromatic nitrogens is 2. The van der Waals surface area contributed by atoms with E-state index in [4.69, 9.17) is 0 Å². The Hall–Kier alpha value is -2.46. The van der Waals surface area contributed by atoms with Crippen molar-refractivity contribution in [3.8, 4) is 0 Å². The van der Waals surface area contributed by atoms with Gasteiger partial charge in [-0.05, 0) is 43.0 Å². The van der Waals surface area contributed by atoms with Crippen molar-refractivity contribution in [2.75, 3.05) is 6.54 Å². The van der Waals surface area contributed by atoms with E-state index < -0.39 is 0 Å². The quantitative estimate of drug-likeness (QED) is 0.737. The van der Waals surface area contributed by atoms with Crippen LogP contribution in [0.4, 0.5) is 0 Å². The summed E-state index contributed by atoms with van der Waals surface area (Å²) in [5, 5.41) is 4.49. The van der Waals surface area contributed by atoms with Crippen LogP contribution in [-0.2, 0) is 13.1 Å². The first kappa shape index (κ1) is 15.4. The number of nitrogens with one attached hydrogen (secondary N) is 1. The molecule has 4 heteroatoms. The molecular formula is C19H21N3O. The molecule has 0 amide bonds. The number of rotatable bonds is 5. The molecule has 0 aliphatic heterocycles. The van der Waals surface area contributed by atoms with E-state index in [0.29, 0.717) is 6.54 Å². The van der Waals surface area contributed by atoms with E-state index in [0.717, 1.165) is 35.4 Å². The number of pyridine rings is 2. The summed E-state index contributed by atoms with van der Waals surface area (Å²) in [7, 11) is 0. The molecule has 0 fully saturated rings. The minimum absolute atomic E-state index is 0.0404. The summed E-state index contributed by atoms with van der Waals surface area (Å²) in [5.41, 5.74) is 4.31. The second kappa shape index (κ2) is 6.75. The van der Waals surface area contributed by atoms with Gasteiger partial charge in [-0.1, -0.05) is 24.3 Å². The Morgan fingerprint density at radius 1 is 1.04 bits per heavy atom. The molecular weight excluding hydrogens is 286 g/mol. The molecule has 3 rings (SSSR count). The SMILES string of the molecule is Cc1ccc(CNCCn2c(=O)ccc3ccccc32)c(C)n1. The van der Waals surface area contributed by atoms with Crippen molar-refractivity contribution < 1.29 is 0 Å². The van der Waals surface area contributed by atoms with E-state index in [1.54, 1.807) is 6.07 Å². The van der Waals surface area contributed by atoms with E-state index >= 15 is 0 Å². The smallest absolute Gasteiger partial charge is 0.251 e. The van der Waals surface area contributed by atoms with Gasteiger partial charge in [0.15, 0.2) is 0 Å². The van der Waals surface area contributed by atoms with Gasteiger partial charge >= 0.3 is 0 Å². The van der Waals surface area contributed by atoms with Crippen LogP contribution >= 0.6 is 0 Å². The van der Waals surface area contributed by atoms with Crippen molar-refractivity contribution >= 4 is 10.9 Å². The monoisotopic (exact) mass is 307 g/mol. The zero-order valence-electron chi connectivity index (χ0n) is 13.5. The number of fused-ring (bicyclic) bond motifs is 1. The first-order valence-corrected chi connectivity index (χ1v) is 7.87. The summed E-state index contributed by atoms with van der Waals surface area (Å²) in [6.45, 7) is 6.18. The standard InChI is InChI=1S/C19H21N3O/c1-14-7-8-17(15(2)21-14)13-20-11-12-22-18-6-4-3-5-16(18)9-10-19(22)23/h3-10,20H,11-13H2,1-2H3. The molecule has 2 aromatic heterocycles. The number of para-hydroxylation sites is 1. The maximum Gasteiger partial charge on any atom is 0.251 e. The largest absolute Gasteiger partial charge is 0.311 e. The molecule has 0 atom stereocenters. The Balaban J connectivity index is 1.67. The van der Waals surface area contributed by atoms with Crippen LogP contribution in [0.15, 0.2) is 53.3 Å². The molecule has 1 N–H and O–H groups in total. The first-order valence-electron chi connectivity index (χ1n) is 7.87. The van der Waals surface area contributed by atoms with Crippen LogP contribution in [0.25, 0.3) is 10.9 Å².